The van der Waals surface area contributed by atoms with Crippen molar-refractivity contribution in [2.45, 2.75) is 46.1 Å². The predicted molar refractivity (Wildman–Crippen MR) is 66.8 cm³/mol. The number of rotatable bonds is 5. The van der Waals surface area contributed by atoms with Crippen molar-refractivity contribution in [3.63, 3.8) is 0 Å². The van der Waals surface area contributed by atoms with E-state index in [4.69, 9.17) is 4.74 Å². The molecule has 0 radical (unpaired) electrons. The van der Waals surface area contributed by atoms with Gasteiger partial charge in [-0.2, -0.15) is 0 Å². The van der Waals surface area contributed by atoms with Crippen LogP contribution in [0.3, 0.4) is 0 Å². The normalized spacial score (nSPS) is 10.9. The zero-order valence-corrected chi connectivity index (χ0v) is 11.5. The number of ether oxygens (including phenoxy) is 1. The Morgan fingerprint density at radius 1 is 1.29 bits per heavy atom. The summed E-state index contributed by atoms with van der Waals surface area (Å²) in [4.78, 5) is 24.0. The van der Waals surface area contributed by atoms with Crippen LogP contribution in [0, 0.1) is 0 Å². The number of carbonyl (C=O) groups is 2. The molecule has 0 spiro atoms. The van der Waals surface area contributed by atoms with Gasteiger partial charge < -0.3 is 15.0 Å². The highest BCUT2D eigenvalue weighted by atomic mass is 16.6. The maximum Gasteiger partial charge on any atom is 0.410 e. The SMILES string of the molecule is CCC(=O)NCCCN(C)C(=O)OC(C)(C)C. The van der Waals surface area contributed by atoms with Crippen molar-refractivity contribution in [2.75, 3.05) is 20.1 Å². The molecule has 0 saturated carbocycles. The summed E-state index contributed by atoms with van der Waals surface area (Å²) in [6.07, 6.45) is 0.878. The summed E-state index contributed by atoms with van der Waals surface area (Å²) in [5.41, 5.74) is -0.470. The van der Waals surface area contributed by atoms with Crippen LogP contribution in [0.2, 0.25) is 0 Å². The zero-order valence-electron chi connectivity index (χ0n) is 11.5. The molecule has 5 heteroatoms. The Kier molecular flexibility index (Phi) is 6.61. The highest BCUT2D eigenvalue weighted by Crippen LogP contribution is 2.08. The highest BCUT2D eigenvalue weighted by Gasteiger charge is 2.18. The van der Waals surface area contributed by atoms with Gasteiger partial charge in [0.2, 0.25) is 5.91 Å². The Morgan fingerprint density at radius 2 is 1.88 bits per heavy atom. The van der Waals surface area contributed by atoms with Gasteiger partial charge in [-0.15, -0.1) is 0 Å². The van der Waals surface area contributed by atoms with E-state index in [2.05, 4.69) is 5.32 Å². The average Bonchev–Trinajstić information content (AvgIpc) is 2.21. The zero-order chi connectivity index (χ0) is 13.5. The summed E-state index contributed by atoms with van der Waals surface area (Å²) in [7, 11) is 1.69. The van der Waals surface area contributed by atoms with E-state index < -0.39 is 5.60 Å². The largest absolute Gasteiger partial charge is 0.444 e. The molecule has 5 nitrogen and oxygen atoms in total. The van der Waals surface area contributed by atoms with Crippen molar-refractivity contribution in [2.24, 2.45) is 0 Å². The lowest BCUT2D eigenvalue weighted by Gasteiger charge is -2.24. The summed E-state index contributed by atoms with van der Waals surface area (Å²) >= 11 is 0. The topological polar surface area (TPSA) is 58.6 Å². The van der Waals surface area contributed by atoms with Gasteiger partial charge in [-0.25, -0.2) is 4.79 Å². The van der Waals surface area contributed by atoms with E-state index in [1.165, 1.54) is 4.90 Å². The van der Waals surface area contributed by atoms with Crippen molar-refractivity contribution < 1.29 is 14.3 Å². The molecule has 0 aromatic rings. The molecule has 0 aliphatic rings. The van der Waals surface area contributed by atoms with Crippen LogP contribution in [0.15, 0.2) is 0 Å². The lowest BCUT2D eigenvalue weighted by atomic mass is 10.2. The Bertz CT molecular complexity index is 259. The van der Waals surface area contributed by atoms with Gasteiger partial charge in [0.1, 0.15) is 5.60 Å². The summed E-state index contributed by atoms with van der Waals surface area (Å²) in [6.45, 7) is 8.46. The molecule has 2 amide bonds. The van der Waals surface area contributed by atoms with E-state index in [0.717, 1.165) is 6.42 Å². The number of nitrogens with one attached hydrogen (secondary N) is 1. The van der Waals surface area contributed by atoms with Gasteiger partial charge in [0.15, 0.2) is 0 Å². The summed E-state index contributed by atoms with van der Waals surface area (Å²) in [6, 6.07) is 0. The predicted octanol–water partition coefficient (Wildman–Crippen LogP) is 1.77. The molecule has 0 unspecified atom stereocenters. The van der Waals surface area contributed by atoms with Gasteiger partial charge in [-0.1, -0.05) is 6.92 Å². The minimum atomic E-state index is -0.470. The lowest BCUT2D eigenvalue weighted by molar-refractivity contribution is -0.120. The fraction of sp³-hybridized carbons (Fsp3) is 0.833. The van der Waals surface area contributed by atoms with Crippen LogP contribution >= 0.6 is 0 Å². The maximum atomic E-state index is 11.6. The molecule has 0 atom stereocenters. The van der Waals surface area contributed by atoms with Crippen molar-refractivity contribution in [1.29, 1.82) is 0 Å². The number of carbonyl (C=O) groups excluding carboxylic acids is 2. The van der Waals surface area contributed by atoms with E-state index in [9.17, 15) is 9.59 Å². The van der Waals surface area contributed by atoms with Crippen molar-refractivity contribution >= 4 is 12.0 Å². The Balaban J connectivity index is 3.75. The van der Waals surface area contributed by atoms with Crippen LogP contribution in [0.1, 0.15) is 40.5 Å². The van der Waals surface area contributed by atoms with Crippen LogP contribution in [0.4, 0.5) is 4.79 Å². The molecule has 100 valence electrons. The van der Waals surface area contributed by atoms with Crippen LogP contribution in [-0.2, 0) is 9.53 Å². The number of amides is 2. The van der Waals surface area contributed by atoms with E-state index in [0.29, 0.717) is 19.5 Å². The first-order valence-electron chi connectivity index (χ1n) is 5.97. The maximum absolute atomic E-state index is 11.6. The fourth-order valence-electron chi connectivity index (χ4n) is 1.10. The third kappa shape index (κ3) is 8.54. The Morgan fingerprint density at radius 3 is 2.35 bits per heavy atom. The molecule has 0 aromatic carbocycles. The summed E-state index contributed by atoms with van der Waals surface area (Å²) in [5, 5.41) is 2.76. The molecule has 0 saturated heterocycles. The second-order valence-corrected chi connectivity index (χ2v) is 4.96. The molecule has 1 N–H and O–H groups in total. The third-order valence-corrected chi connectivity index (χ3v) is 2.02. The summed E-state index contributed by atoms with van der Waals surface area (Å²) in [5.74, 6) is 0.0323. The molecule has 0 aromatic heterocycles. The molecule has 0 fully saturated rings. The van der Waals surface area contributed by atoms with Gasteiger partial charge in [0.05, 0.1) is 0 Å². The first-order chi connectivity index (χ1) is 7.76. The van der Waals surface area contributed by atoms with E-state index in [-0.39, 0.29) is 12.0 Å². The molecule has 17 heavy (non-hydrogen) atoms. The average molecular weight is 244 g/mol. The van der Waals surface area contributed by atoms with Crippen LogP contribution in [0.25, 0.3) is 0 Å². The number of hydrogen-bond acceptors (Lipinski definition) is 3. The second-order valence-electron chi connectivity index (χ2n) is 4.96. The van der Waals surface area contributed by atoms with Gasteiger partial charge in [-0.3, -0.25) is 4.79 Å². The van der Waals surface area contributed by atoms with Gasteiger partial charge in [-0.05, 0) is 27.2 Å². The monoisotopic (exact) mass is 244 g/mol. The smallest absolute Gasteiger partial charge is 0.410 e. The quantitative estimate of drug-likeness (QED) is 0.750. The van der Waals surface area contributed by atoms with Crippen LogP contribution in [0.5, 0.6) is 0 Å². The Labute approximate surface area is 103 Å². The van der Waals surface area contributed by atoms with Gasteiger partial charge in [0, 0.05) is 26.6 Å². The first-order valence-corrected chi connectivity index (χ1v) is 5.97. The molecule has 0 bridgehead atoms. The fourth-order valence-corrected chi connectivity index (χ4v) is 1.10. The first kappa shape index (κ1) is 15.7. The highest BCUT2D eigenvalue weighted by molar-refractivity contribution is 5.75. The molecule has 0 heterocycles. The number of nitrogens with zero attached hydrogens (tertiary/aromatic N) is 1. The standard InChI is InChI=1S/C12H24N2O3/c1-6-10(15)13-8-7-9-14(5)11(16)17-12(2,3)4/h6-9H2,1-5H3,(H,13,15). The Hall–Kier alpha value is -1.26. The van der Waals surface area contributed by atoms with Crippen LogP contribution in [-0.4, -0.2) is 42.6 Å². The van der Waals surface area contributed by atoms with E-state index in [1.807, 2.05) is 27.7 Å². The van der Waals surface area contributed by atoms with Gasteiger partial charge >= 0.3 is 6.09 Å². The minimum Gasteiger partial charge on any atom is -0.444 e. The lowest BCUT2D eigenvalue weighted by Crippen LogP contribution is -2.36. The van der Waals surface area contributed by atoms with Crippen molar-refractivity contribution in [3.05, 3.63) is 0 Å². The number of hydrogen-bond donors (Lipinski definition) is 1. The van der Waals surface area contributed by atoms with E-state index >= 15 is 0 Å². The second kappa shape index (κ2) is 7.14. The van der Waals surface area contributed by atoms with E-state index in [1.54, 1.807) is 7.05 Å². The van der Waals surface area contributed by atoms with Crippen molar-refractivity contribution in [3.8, 4) is 0 Å². The molecule has 0 aliphatic heterocycles. The molecular formula is C12H24N2O3. The molecular weight excluding hydrogens is 220 g/mol. The summed E-state index contributed by atoms with van der Waals surface area (Å²) < 4.78 is 5.20. The third-order valence-electron chi connectivity index (χ3n) is 2.02. The van der Waals surface area contributed by atoms with Gasteiger partial charge in [0.25, 0.3) is 0 Å². The minimum absolute atomic E-state index is 0.0323. The molecule has 0 rings (SSSR count). The van der Waals surface area contributed by atoms with Crippen LogP contribution < -0.4 is 5.32 Å². The van der Waals surface area contributed by atoms with Crippen molar-refractivity contribution in [1.82, 2.24) is 10.2 Å². The molecule has 0 aliphatic carbocycles.